The van der Waals surface area contributed by atoms with E-state index in [1.54, 1.807) is 12.4 Å². The van der Waals surface area contributed by atoms with Gasteiger partial charge in [-0.15, -0.1) is 0 Å². The molecule has 270 valence electrons. The molecule has 4 aromatic heterocycles. The van der Waals surface area contributed by atoms with Crippen LogP contribution in [0.3, 0.4) is 0 Å². The van der Waals surface area contributed by atoms with Crippen molar-refractivity contribution in [3.05, 3.63) is 151 Å². The van der Waals surface area contributed by atoms with Gasteiger partial charge in [-0.25, -0.2) is 19.3 Å². The van der Waals surface area contributed by atoms with Crippen molar-refractivity contribution in [1.29, 1.82) is 0 Å². The number of hydrogen-bond donors (Lipinski definition) is 2. The highest BCUT2D eigenvalue weighted by Gasteiger charge is 2.51. The van der Waals surface area contributed by atoms with Crippen molar-refractivity contribution in [2.75, 3.05) is 11.5 Å². The number of benzene rings is 4. The Hall–Kier alpha value is -5.82. The van der Waals surface area contributed by atoms with Crippen LogP contribution in [0.15, 0.2) is 151 Å². The van der Waals surface area contributed by atoms with Crippen LogP contribution in [0.25, 0.3) is 44.6 Å². The summed E-state index contributed by atoms with van der Waals surface area (Å²) >= 11 is 3.28. The Bertz CT molecular complexity index is 2490. The molecule has 9 rings (SSSR count). The number of nitrogens with two attached hydrogens (primary N) is 2. The molecule has 4 aromatic carbocycles. The highest BCUT2D eigenvalue weighted by molar-refractivity contribution is 9.10. The maximum Gasteiger partial charge on any atom is 0.494 e. The molecule has 4 N–H and O–H groups in total. The Balaban J connectivity index is 0.000000139. The molecule has 0 aliphatic carbocycles. The number of nitrogens with zero attached hydrogens (tertiary/aromatic N) is 6. The summed E-state index contributed by atoms with van der Waals surface area (Å²) in [4.78, 5) is 8.75. The molecule has 0 radical (unpaired) electrons. The van der Waals surface area contributed by atoms with Crippen molar-refractivity contribution in [2.24, 2.45) is 0 Å². The Labute approximate surface area is 323 Å². The van der Waals surface area contributed by atoms with E-state index in [9.17, 15) is 0 Å². The molecule has 0 atom stereocenters. The zero-order chi connectivity index (χ0) is 37.9. The Morgan fingerprint density at radius 3 is 1.63 bits per heavy atom. The molecular weight excluding hydrogens is 739 g/mol. The second kappa shape index (κ2) is 15.3. The van der Waals surface area contributed by atoms with Crippen LogP contribution in [0, 0.1) is 0 Å². The normalized spacial score (nSPS) is 14.3. The molecule has 0 saturated carbocycles. The maximum atomic E-state index is 6.15. The van der Waals surface area contributed by atoms with Gasteiger partial charge in [0.1, 0.15) is 0 Å². The molecular formula is C42H40BBrN8O2. The van der Waals surface area contributed by atoms with E-state index in [0.29, 0.717) is 0 Å². The van der Waals surface area contributed by atoms with Crippen LogP contribution in [-0.2, 0) is 9.31 Å². The van der Waals surface area contributed by atoms with Crippen molar-refractivity contribution in [1.82, 2.24) is 29.5 Å². The van der Waals surface area contributed by atoms with E-state index in [1.807, 2.05) is 113 Å². The van der Waals surface area contributed by atoms with Crippen molar-refractivity contribution < 1.29 is 9.31 Å². The minimum Gasteiger partial charge on any atom is -0.399 e. The van der Waals surface area contributed by atoms with Gasteiger partial charge in [0.05, 0.1) is 34.6 Å². The monoisotopic (exact) mass is 778 g/mol. The summed E-state index contributed by atoms with van der Waals surface area (Å²) in [5.41, 5.74) is 17.4. The quantitative estimate of drug-likeness (QED) is 0.135. The lowest BCUT2D eigenvalue weighted by atomic mass is 9.79. The number of fused-ring (bicyclic) bond motifs is 2. The molecule has 54 heavy (non-hydrogen) atoms. The van der Waals surface area contributed by atoms with Crippen LogP contribution < -0.4 is 16.9 Å². The van der Waals surface area contributed by atoms with E-state index < -0.39 is 0 Å². The number of nitrogen functional groups attached to an aromatic ring is 2. The van der Waals surface area contributed by atoms with E-state index >= 15 is 0 Å². The van der Waals surface area contributed by atoms with Gasteiger partial charge in [0.15, 0.2) is 11.6 Å². The van der Waals surface area contributed by atoms with Gasteiger partial charge in [0.2, 0.25) is 0 Å². The molecule has 10 nitrogen and oxygen atoms in total. The fraction of sp³-hybridized carbons (Fsp3) is 0.143. The van der Waals surface area contributed by atoms with Crippen LogP contribution in [0.2, 0.25) is 0 Å². The average molecular weight is 780 g/mol. The molecule has 0 unspecified atom stereocenters. The summed E-state index contributed by atoms with van der Waals surface area (Å²) in [6.45, 7) is 8.24. The van der Waals surface area contributed by atoms with Crippen LogP contribution in [0.4, 0.5) is 11.4 Å². The van der Waals surface area contributed by atoms with Crippen LogP contribution in [0.1, 0.15) is 27.7 Å². The topological polar surface area (TPSA) is 132 Å². The minimum absolute atomic E-state index is 0.353. The zero-order valence-electron chi connectivity index (χ0n) is 30.5. The fourth-order valence-corrected chi connectivity index (χ4v) is 6.32. The molecule has 0 amide bonds. The Kier molecular flexibility index (Phi) is 10.3. The van der Waals surface area contributed by atoms with Crippen molar-refractivity contribution in [3.63, 3.8) is 0 Å². The highest BCUT2D eigenvalue weighted by Crippen LogP contribution is 2.36. The number of aromatic nitrogens is 6. The summed E-state index contributed by atoms with van der Waals surface area (Å²) < 4.78 is 17.0. The van der Waals surface area contributed by atoms with E-state index in [1.165, 1.54) is 0 Å². The molecule has 8 aromatic rings. The fourth-order valence-electron chi connectivity index (χ4n) is 5.91. The standard InChI is InChI=1S/C18H20BN3O2.C18H14N4.C6H6BrN/c1-17(2)18(3,4)24-19(23-17)14-9-8-13-12-21-22(15(13)11-14)16-7-5-6-10-20-16;19-16-5-3-4-13(10-16)14-7-8-15-12-21-22(17(15)11-14)18-6-1-2-9-20-18;7-5-2-1-3-6(8)4-5/h5-12H,1-4H3;1-12H,19H2;1-4H,8H2. The smallest absolute Gasteiger partial charge is 0.399 e. The molecule has 12 heteroatoms. The second-order valence-electron chi connectivity index (χ2n) is 13.8. The molecule has 1 saturated heterocycles. The Morgan fingerprint density at radius 1 is 0.574 bits per heavy atom. The van der Waals surface area contributed by atoms with Gasteiger partial charge in [-0.05, 0) is 111 Å². The third kappa shape index (κ3) is 7.91. The Morgan fingerprint density at radius 2 is 1.11 bits per heavy atom. The van der Waals surface area contributed by atoms with E-state index in [2.05, 4.69) is 94.1 Å². The molecule has 0 spiro atoms. The molecule has 5 heterocycles. The first-order chi connectivity index (χ1) is 26.0. The summed E-state index contributed by atoms with van der Waals surface area (Å²) in [5, 5.41) is 11.0. The molecule has 1 fully saturated rings. The predicted octanol–water partition coefficient (Wildman–Crippen LogP) is 8.42. The average Bonchev–Trinajstić information content (AvgIpc) is 3.85. The lowest BCUT2D eigenvalue weighted by molar-refractivity contribution is 0.00578. The van der Waals surface area contributed by atoms with E-state index in [-0.39, 0.29) is 18.3 Å². The first-order valence-electron chi connectivity index (χ1n) is 17.5. The largest absolute Gasteiger partial charge is 0.494 e. The van der Waals surface area contributed by atoms with Gasteiger partial charge in [0.25, 0.3) is 0 Å². The van der Waals surface area contributed by atoms with Crippen LogP contribution >= 0.6 is 15.9 Å². The summed E-state index contributed by atoms with van der Waals surface area (Å²) in [6.07, 6.45) is 7.23. The SMILES string of the molecule is CC1(C)OB(c2ccc3cnn(-c4ccccn4)c3c2)OC1(C)C.Nc1cccc(-c2ccc3cnn(-c4ccccn4)c3c2)c1.Nc1cccc(Br)c1. The van der Waals surface area contributed by atoms with Gasteiger partial charge in [-0.3, -0.25) is 0 Å². The van der Waals surface area contributed by atoms with E-state index in [0.717, 1.165) is 65.9 Å². The summed E-state index contributed by atoms with van der Waals surface area (Å²) in [6, 6.07) is 39.4. The predicted molar refractivity (Wildman–Crippen MR) is 222 cm³/mol. The second-order valence-corrected chi connectivity index (χ2v) is 14.8. The van der Waals surface area contributed by atoms with Crippen molar-refractivity contribution in [3.8, 4) is 22.8 Å². The third-order valence-electron chi connectivity index (χ3n) is 9.49. The van der Waals surface area contributed by atoms with Gasteiger partial charge in [0, 0.05) is 39.0 Å². The first kappa shape index (κ1) is 36.5. The minimum atomic E-state index is -0.383. The number of anilines is 2. The maximum absolute atomic E-state index is 6.15. The van der Waals surface area contributed by atoms with E-state index in [4.69, 9.17) is 20.8 Å². The summed E-state index contributed by atoms with van der Waals surface area (Å²) in [5.74, 6) is 1.60. The number of pyridine rings is 2. The van der Waals surface area contributed by atoms with Crippen molar-refractivity contribution in [2.45, 2.75) is 38.9 Å². The lowest BCUT2D eigenvalue weighted by Crippen LogP contribution is -2.41. The lowest BCUT2D eigenvalue weighted by Gasteiger charge is -2.32. The van der Waals surface area contributed by atoms with Gasteiger partial charge in [-0.1, -0.05) is 70.5 Å². The van der Waals surface area contributed by atoms with Crippen molar-refractivity contribution >= 4 is 61.7 Å². The molecule has 1 aliphatic rings. The number of hydrogen-bond acceptors (Lipinski definition) is 8. The van der Waals surface area contributed by atoms with Gasteiger partial charge >= 0.3 is 7.12 Å². The van der Waals surface area contributed by atoms with Gasteiger partial charge in [-0.2, -0.15) is 10.2 Å². The van der Waals surface area contributed by atoms with Gasteiger partial charge < -0.3 is 20.8 Å². The number of halogens is 1. The molecule has 0 bridgehead atoms. The first-order valence-corrected chi connectivity index (χ1v) is 18.3. The van der Waals surface area contributed by atoms with Crippen LogP contribution in [-0.4, -0.2) is 47.8 Å². The third-order valence-corrected chi connectivity index (χ3v) is 9.99. The van der Waals surface area contributed by atoms with Crippen LogP contribution in [0.5, 0.6) is 0 Å². The number of rotatable bonds is 4. The molecule has 1 aliphatic heterocycles. The zero-order valence-corrected chi connectivity index (χ0v) is 32.1. The summed E-state index contributed by atoms with van der Waals surface area (Å²) in [7, 11) is -0.383. The highest BCUT2D eigenvalue weighted by atomic mass is 79.9.